The molecule has 28 heavy (non-hydrogen) atoms. The predicted octanol–water partition coefficient (Wildman–Crippen LogP) is 3.25. The summed E-state index contributed by atoms with van der Waals surface area (Å²) in [5, 5.41) is 16.0. The standard InChI is InChI=1S/C18H11F2N7O/c19-15(20)18-26-25-17(28-18)12-2-4-23-14(8-12)16-24-5-6-27(16)10-13-7-11(9-21)1-3-22-13/h1-8,15H,10H2. The summed E-state index contributed by atoms with van der Waals surface area (Å²) in [4.78, 5) is 12.9. The van der Waals surface area contributed by atoms with Crippen molar-refractivity contribution >= 4 is 0 Å². The van der Waals surface area contributed by atoms with E-state index in [1.165, 1.54) is 6.20 Å². The van der Waals surface area contributed by atoms with Gasteiger partial charge in [0.05, 0.1) is 23.9 Å². The summed E-state index contributed by atoms with van der Waals surface area (Å²) in [6.45, 7) is 0.382. The van der Waals surface area contributed by atoms with Gasteiger partial charge in [-0.1, -0.05) is 0 Å². The van der Waals surface area contributed by atoms with Crippen molar-refractivity contribution in [2.24, 2.45) is 0 Å². The van der Waals surface area contributed by atoms with Crippen LogP contribution in [0, 0.1) is 11.3 Å². The second-order valence-electron chi connectivity index (χ2n) is 5.70. The lowest BCUT2D eigenvalue weighted by molar-refractivity contribution is 0.116. The van der Waals surface area contributed by atoms with E-state index < -0.39 is 12.3 Å². The molecular weight excluding hydrogens is 368 g/mol. The van der Waals surface area contributed by atoms with Gasteiger partial charge in [0.15, 0.2) is 5.82 Å². The molecule has 0 aliphatic carbocycles. The van der Waals surface area contributed by atoms with Crippen LogP contribution in [-0.4, -0.2) is 29.7 Å². The zero-order chi connectivity index (χ0) is 19.5. The molecule has 0 spiro atoms. The van der Waals surface area contributed by atoms with Gasteiger partial charge in [0, 0.05) is 30.4 Å². The Bertz CT molecular complexity index is 1160. The summed E-state index contributed by atoms with van der Waals surface area (Å²) >= 11 is 0. The zero-order valence-electron chi connectivity index (χ0n) is 14.2. The van der Waals surface area contributed by atoms with Gasteiger partial charge in [-0.25, -0.2) is 4.98 Å². The normalized spacial score (nSPS) is 10.9. The molecule has 0 radical (unpaired) electrons. The average molecular weight is 379 g/mol. The molecule has 4 rings (SSSR count). The highest BCUT2D eigenvalue weighted by Gasteiger charge is 2.18. The first-order valence-electron chi connectivity index (χ1n) is 8.08. The van der Waals surface area contributed by atoms with Gasteiger partial charge in [0.1, 0.15) is 5.69 Å². The van der Waals surface area contributed by atoms with Crippen LogP contribution in [0.4, 0.5) is 8.78 Å². The molecular formula is C18H11F2N7O. The minimum Gasteiger partial charge on any atom is -0.415 e. The summed E-state index contributed by atoms with van der Waals surface area (Å²) < 4.78 is 32.1. The second-order valence-corrected chi connectivity index (χ2v) is 5.70. The molecule has 0 fully saturated rings. The SMILES string of the molecule is N#Cc1ccnc(Cn2ccnc2-c2cc(-c3nnc(C(F)F)o3)ccn2)c1. The van der Waals surface area contributed by atoms with E-state index in [4.69, 9.17) is 9.68 Å². The first-order chi connectivity index (χ1) is 13.6. The molecule has 4 aromatic heterocycles. The number of rotatable bonds is 5. The van der Waals surface area contributed by atoms with Crippen molar-refractivity contribution in [3.63, 3.8) is 0 Å². The number of pyridine rings is 2. The minimum atomic E-state index is -2.84. The van der Waals surface area contributed by atoms with E-state index in [0.29, 0.717) is 34.9 Å². The van der Waals surface area contributed by atoms with Gasteiger partial charge in [-0.3, -0.25) is 9.97 Å². The molecule has 0 unspecified atom stereocenters. The smallest absolute Gasteiger partial charge is 0.314 e. The number of imidazole rings is 1. The maximum absolute atomic E-state index is 12.7. The van der Waals surface area contributed by atoms with Crippen LogP contribution in [0.25, 0.3) is 23.0 Å². The lowest BCUT2D eigenvalue weighted by Gasteiger charge is -2.08. The van der Waals surface area contributed by atoms with Crippen LogP contribution in [0.3, 0.4) is 0 Å². The van der Waals surface area contributed by atoms with Crippen LogP contribution in [-0.2, 0) is 6.54 Å². The molecule has 0 atom stereocenters. The first kappa shape index (κ1) is 17.4. The summed E-state index contributed by atoms with van der Waals surface area (Å²) in [5.74, 6) is -0.224. The molecule has 10 heteroatoms. The Labute approximate surface area is 157 Å². The van der Waals surface area contributed by atoms with Crippen molar-refractivity contribution in [1.82, 2.24) is 29.7 Å². The zero-order valence-corrected chi connectivity index (χ0v) is 14.2. The third kappa shape index (κ3) is 3.45. The monoisotopic (exact) mass is 379 g/mol. The molecule has 4 aromatic rings. The van der Waals surface area contributed by atoms with Gasteiger partial charge in [0.25, 0.3) is 5.89 Å². The second kappa shape index (κ2) is 7.32. The molecule has 0 saturated carbocycles. The molecule has 0 aliphatic rings. The van der Waals surface area contributed by atoms with E-state index in [9.17, 15) is 8.78 Å². The van der Waals surface area contributed by atoms with E-state index in [1.807, 2.05) is 4.57 Å². The van der Waals surface area contributed by atoms with Crippen molar-refractivity contribution in [2.45, 2.75) is 13.0 Å². The molecule has 4 heterocycles. The summed E-state index contributed by atoms with van der Waals surface area (Å²) in [5.41, 5.74) is 2.14. The molecule has 0 saturated heterocycles. The number of alkyl halides is 2. The van der Waals surface area contributed by atoms with Crippen LogP contribution in [0.1, 0.15) is 23.6 Å². The fraction of sp³-hybridized carbons (Fsp3) is 0.111. The molecule has 0 aromatic carbocycles. The highest BCUT2D eigenvalue weighted by molar-refractivity contribution is 5.61. The molecule has 8 nitrogen and oxygen atoms in total. The van der Waals surface area contributed by atoms with Crippen molar-refractivity contribution in [1.29, 1.82) is 5.26 Å². The Hall–Kier alpha value is -4.00. The Balaban J connectivity index is 1.65. The quantitative estimate of drug-likeness (QED) is 0.524. The highest BCUT2D eigenvalue weighted by Crippen LogP contribution is 2.26. The average Bonchev–Trinajstić information content (AvgIpc) is 3.38. The molecule has 0 amide bonds. The third-order valence-electron chi connectivity index (χ3n) is 3.86. The van der Waals surface area contributed by atoms with Crippen LogP contribution in [0.2, 0.25) is 0 Å². The fourth-order valence-electron chi connectivity index (χ4n) is 2.60. The summed E-state index contributed by atoms with van der Waals surface area (Å²) in [6.07, 6.45) is 3.60. The topological polar surface area (TPSA) is 106 Å². The van der Waals surface area contributed by atoms with Crippen molar-refractivity contribution in [3.05, 3.63) is 66.2 Å². The van der Waals surface area contributed by atoms with E-state index in [-0.39, 0.29) is 5.89 Å². The van der Waals surface area contributed by atoms with E-state index in [0.717, 1.165) is 0 Å². The number of nitriles is 1. The Kier molecular flexibility index (Phi) is 4.55. The van der Waals surface area contributed by atoms with Crippen LogP contribution >= 0.6 is 0 Å². The van der Waals surface area contributed by atoms with Gasteiger partial charge in [0.2, 0.25) is 5.89 Å². The number of hydrogen-bond donors (Lipinski definition) is 0. The Morgan fingerprint density at radius 1 is 1.07 bits per heavy atom. The maximum Gasteiger partial charge on any atom is 0.314 e. The number of nitrogens with zero attached hydrogens (tertiary/aromatic N) is 7. The third-order valence-corrected chi connectivity index (χ3v) is 3.86. The molecule has 138 valence electrons. The molecule has 0 aliphatic heterocycles. The van der Waals surface area contributed by atoms with Gasteiger partial charge in [-0.05, 0) is 24.3 Å². The minimum absolute atomic E-state index is 0.0274. The predicted molar refractivity (Wildman–Crippen MR) is 91.8 cm³/mol. The van der Waals surface area contributed by atoms with Crippen molar-refractivity contribution in [3.8, 4) is 29.0 Å². The summed E-state index contributed by atoms with van der Waals surface area (Å²) in [6, 6.07) is 8.60. The molecule has 0 N–H and O–H groups in total. The largest absolute Gasteiger partial charge is 0.415 e. The van der Waals surface area contributed by atoms with Gasteiger partial charge in [-0.2, -0.15) is 14.0 Å². The number of aromatic nitrogens is 6. The Morgan fingerprint density at radius 2 is 1.93 bits per heavy atom. The van der Waals surface area contributed by atoms with Crippen LogP contribution in [0.15, 0.2) is 53.5 Å². The fourth-order valence-corrected chi connectivity index (χ4v) is 2.60. The van der Waals surface area contributed by atoms with Crippen LogP contribution < -0.4 is 0 Å². The van der Waals surface area contributed by atoms with Crippen molar-refractivity contribution < 1.29 is 13.2 Å². The van der Waals surface area contributed by atoms with E-state index in [1.54, 1.807) is 42.9 Å². The first-order valence-corrected chi connectivity index (χ1v) is 8.08. The Morgan fingerprint density at radius 3 is 2.71 bits per heavy atom. The number of halogens is 2. The highest BCUT2D eigenvalue weighted by atomic mass is 19.3. The van der Waals surface area contributed by atoms with Gasteiger partial charge in [-0.15, -0.1) is 10.2 Å². The van der Waals surface area contributed by atoms with E-state index in [2.05, 4.69) is 31.2 Å². The lowest BCUT2D eigenvalue weighted by atomic mass is 10.2. The van der Waals surface area contributed by atoms with Crippen LogP contribution in [0.5, 0.6) is 0 Å². The van der Waals surface area contributed by atoms with Gasteiger partial charge < -0.3 is 8.98 Å². The maximum atomic E-state index is 12.7. The molecule has 0 bridgehead atoms. The lowest BCUT2D eigenvalue weighted by Crippen LogP contribution is -2.04. The van der Waals surface area contributed by atoms with E-state index >= 15 is 0 Å². The summed E-state index contributed by atoms with van der Waals surface area (Å²) in [7, 11) is 0. The van der Waals surface area contributed by atoms with Gasteiger partial charge >= 0.3 is 6.43 Å². The number of hydrogen-bond acceptors (Lipinski definition) is 7. The van der Waals surface area contributed by atoms with Crippen molar-refractivity contribution in [2.75, 3.05) is 0 Å².